The van der Waals surface area contributed by atoms with Gasteiger partial charge in [0.15, 0.2) is 0 Å². The van der Waals surface area contributed by atoms with Gasteiger partial charge in [-0.1, -0.05) is 42.5 Å². The van der Waals surface area contributed by atoms with Gasteiger partial charge in [0.2, 0.25) is 0 Å². The van der Waals surface area contributed by atoms with E-state index in [1.54, 1.807) is 0 Å². The zero-order valence-corrected chi connectivity index (χ0v) is 8.77. The van der Waals surface area contributed by atoms with E-state index in [9.17, 15) is 4.79 Å². The topological polar surface area (TPSA) is 38.3 Å². The van der Waals surface area contributed by atoms with Crippen molar-refractivity contribution in [2.45, 2.75) is 0 Å². The van der Waals surface area contributed by atoms with E-state index in [-0.39, 0.29) is 12.5 Å². The molecule has 0 spiro atoms. The van der Waals surface area contributed by atoms with Crippen molar-refractivity contribution in [2.24, 2.45) is 0 Å². The first-order chi connectivity index (χ1) is 7.33. The highest BCUT2D eigenvalue weighted by Gasteiger charge is 1.98. The first-order valence-corrected chi connectivity index (χ1v) is 4.81. The van der Waals surface area contributed by atoms with E-state index in [2.05, 4.69) is 10.1 Å². The molecular weight excluding hydrogens is 190 g/mol. The fraction of sp³-hybridized carbons (Fsp3) is 0.250. The van der Waals surface area contributed by atoms with E-state index < -0.39 is 0 Å². The van der Waals surface area contributed by atoms with Crippen molar-refractivity contribution in [2.75, 3.05) is 20.2 Å². The van der Waals surface area contributed by atoms with Crippen molar-refractivity contribution in [1.82, 2.24) is 5.32 Å². The molecule has 0 saturated heterocycles. The molecule has 1 aliphatic carbocycles. The molecule has 0 aromatic carbocycles. The van der Waals surface area contributed by atoms with Crippen molar-refractivity contribution in [3.63, 3.8) is 0 Å². The molecule has 0 atom stereocenters. The lowest BCUT2D eigenvalue weighted by atomic mass is 10.2. The second-order valence-corrected chi connectivity index (χ2v) is 3.05. The first kappa shape index (κ1) is 11.5. The summed E-state index contributed by atoms with van der Waals surface area (Å²) in [6.45, 7) is 0.894. The molecule has 0 aromatic heterocycles. The SMILES string of the molecule is COC(=O)CNCC1=C/C=C\C=C/C=C\1. The summed E-state index contributed by atoms with van der Waals surface area (Å²) in [5, 5.41) is 3.00. The molecule has 0 saturated carbocycles. The Kier molecular flexibility index (Phi) is 5.19. The van der Waals surface area contributed by atoms with Crippen molar-refractivity contribution < 1.29 is 9.53 Å². The van der Waals surface area contributed by atoms with Crippen LogP contribution in [0.2, 0.25) is 0 Å². The number of esters is 1. The third-order valence-electron chi connectivity index (χ3n) is 1.89. The van der Waals surface area contributed by atoms with Crippen LogP contribution in [0.15, 0.2) is 48.1 Å². The number of hydrogen-bond donors (Lipinski definition) is 1. The number of hydrogen-bond acceptors (Lipinski definition) is 3. The van der Waals surface area contributed by atoms with Gasteiger partial charge in [0.1, 0.15) is 0 Å². The molecule has 0 aliphatic heterocycles. The molecule has 1 rings (SSSR count). The molecule has 0 unspecified atom stereocenters. The van der Waals surface area contributed by atoms with E-state index in [4.69, 9.17) is 0 Å². The van der Waals surface area contributed by atoms with Gasteiger partial charge in [-0.15, -0.1) is 0 Å². The summed E-state index contributed by atoms with van der Waals surface area (Å²) in [5.74, 6) is -0.249. The summed E-state index contributed by atoms with van der Waals surface area (Å²) in [4.78, 5) is 10.8. The van der Waals surface area contributed by atoms with E-state index in [0.717, 1.165) is 5.57 Å². The van der Waals surface area contributed by atoms with Crippen LogP contribution in [0.25, 0.3) is 0 Å². The maximum absolute atomic E-state index is 10.8. The number of nitrogens with one attached hydrogen (secondary N) is 1. The second kappa shape index (κ2) is 6.79. The summed E-state index contributed by atoms with van der Waals surface area (Å²) in [6.07, 6.45) is 13.8. The molecule has 0 bridgehead atoms. The number of methoxy groups -OCH3 is 1. The Balaban J connectivity index is 2.34. The van der Waals surface area contributed by atoms with Crippen LogP contribution in [0, 0.1) is 0 Å². The summed E-state index contributed by atoms with van der Waals surface area (Å²) >= 11 is 0. The highest BCUT2D eigenvalue weighted by molar-refractivity contribution is 5.71. The van der Waals surface area contributed by atoms with Crippen molar-refractivity contribution in [3.8, 4) is 0 Å². The zero-order chi connectivity index (χ0) is 10.9. The maximum Gasteiger partial charge on any atom is 0.319 e. The number of carbonyl (C=O) groups is 1. The third-order valence-corrected chi connectivity index (χ3v) is 1.89. The predicted octanol–water partition coefficient (Wildman–Crippen LogP) is 1.36. The number of carbonyl (C=O) groups excluding carboxylic acids is 1. The standard InChI is InChI=1S/C12H15NO2/c1-15-12(14)10-13-9-11-7-5-3-2-4-6-8-11/h2-8,13H,9-10H2,1H3/b3-2-,4-2?,5-3?,6-4-,7-5-,8-6?,11-7?,11-8+. The summed E-state index contributed by atoms with van der Waals surface area (Å²) < 4.78 is 4.52. The summed E-state index contributed by atoms with van der Waals surface area (Å²) in [5.41, 5.74) is 1.12. The van der Waals surface area contributed by atoms with Gasteiger partial charge in [-0.25, -0.2) is 0 Å². The van der Waals surface area contributed by atoms with Gasteiger partial charge in [-0.05, 0) is 5.57 Å². The van der Waals surface area contributed by atoms with Gasteiger partial charge >= 0.3 is 5.97 Å². The molecule has 0 amide bonds. The average molecular weight is 205 g/mol. The minimum atomic E-state index is -0.249. The summed E-state index contributed by atoms with van der Waals surface area (Å²) in [6, 6.07) is 0. The normalized spacial score (nSPS) is 24.2. The first-order valence-electron chi connectivity index (χ1n) is 4.81. The molecular formula is C12H15NO2. The Morgan fingerprint density at radius 2 is 2.00 bits per heavy atom. The van der Waals surface area contributed by atoms with Crippen LogP contribution >= 0.6 is 0 Å². The van der Waals surface area contributed by atoms with Gasteiger partial charge in [-0.2, -0.15) is 0 Å². The van der Waals surface area contributed by atoms with Gasteiger partial charge in [0.05, 0.1) is 13.7 Å². The molecule has 1 aliphatic rings. The average Bonchev–Trinajstić information content (AvgIpc) is 2.20. The van der Waals surface area contributed by atoms with Crippen molar-refractivity contribution in [3.05, 3.63) is 48.1 Å². The summed E-state index contributed by atoms with van der Waals surface area (Å²) in [7, 11) is 1.38. The van der Waals surface area contributed by atoms with Crippen LogP contribution in [0.4, 0.5) is 0 Å². The van der Waals surface area contributed by atoms with Gasteiger partial charge in [0.25, 0.3) is 0 Å². The quantitative estimate of drug-likeness (QED) is 0.704. The Bertz CT molecular complexity index is 325. The molecule has 3 nitrogen and oxygen atoms in total. The largest absolute Gasteiger partial charge is 0.468 e. The molecule has 3 heteroatoms. The lowest BCUT2D eigenvalue weighted by molar-refractivity contribution is -0.139. The third kappa shape index (κ3) is 4.98. The van der Waals surface area contributed by atoms with Crippen LogP contribution < -0.4 is 5.32 Å². The molecule has 0 aromatic rings. The predicted molar refractivity (Wildman–Crippen MR) is 60.4 cm³/mol. The van der Waals surface area contributed by atoms with E-state index in [1.165, 1.54) is 7.11 Å². The van der Waals surface area contributed by atoms with E-state index in [0.29, 0.717) is 6.54 Å². The molecule has 80 valence electrons. The van der Waals surface area contributed by atoms with Crippen LogP contribution in [0.1, 0.15) is 0 Å². The Morgan fingerprint density at radius 3 is 2.80 bits per heavy atom. The fourth-order valence-corrected chi connectivity index (χ4v) is 1.11. The highest BCUT2D eigenvalue weighted by Crippen LogP contribution is 1.99. The number of allylic oxidation sites excluding steroid dienone is 6. The van der Waals surface area contributed by atoms with E-state index >= 15 is 0 Å². The van der Waals surface area contributed by atoms with E-state index in [1.807, 2.05) is 42.5 Å². The molecule has 1 N–H and O–H groups in total. The molecule has 0 radical (unpaired) electrons. The zero-order valence-electron chi connectivity index (χ0n) is 8.77. The molecule has 15 heavy (non-hydrogen) atoms. The molecule has 0 fully saturated rings. The number of ether oxygens (including phenoxy) is 1. The van der Waals surface area contributed by atoms with Crippen LogP contribution in [0.5, 0.6) is 0 Å². The Hall–Kier alpha value is -1.61. The van der Waals surface area contributed by atoms with Gasteiger partial charge in [0, 0.05) is 6.54 Å². The Morgan fingerprint density at radius 1 is 1.27 bits per heavy atom. The monoisotopic (exact) mass is 205 g/mol. The van der Waals surface area contributed by atoms with Crippen molar-refractivity contribution in [1.29, 1.82) is 0 Å². The van der Waals surface area contributed by atoms with Crippen LogP contribution in [-0.4, -0.2) is 26.2 Å². The highest BCUT2D eigenvalue weighted by atomic mass is 16.5. The minimum absolute atomic E-state index is 0.237. The van der Waals surface area contributed by atoms with Crippen molar-refractivity contribution >= 4 is 5.97 Å². The fourth-order valence-electron chi connectivity index (χ4n) is 1.11. The van der Waals surface area contributed by atoms with Gasteiger partial charge < -0.3 is 10.1 Å². The minimum Gasteiger partial charge on any atom is -0.468 e. The maximum atomic E-state index is 10.8. The van der Waals surface area contributed by atoms with Crippen LogP contribution in [-0.2, 0) is 9.53 Å². The van der Waals surface area contributed by atoms with Crippen LogP contribution in [0.3, 0.4) is 0 Å². The number of rotatable bonds is 4. The lowest BCUT2D eigenvalue weighted by Crippen LogP contribution is -2.25. The Labute approximate surface area is 89.8 Å². The second-order valence-electron chi connectivity index (χ2n) is 3.05. The van der Waals surface area contributed by atoms with Gasteiger partial charge in [-0.3, -0.25) is 4.79 Å². The smallest absolute Gasteiger partial charge is 0.319 e. The molecule has 0 heterocycles. The lowest BCUT2D eigenvalue weighted by Gasteiger charge is -2.04.